The topological polar surface area (TPSA) is 192 Å². The Labute approximate surface area is 313 Å². The SMILES string of the molecule is CCCCCCCCCCCCCC(=O)OC[C@H](COP(=O)(O)OCCN)OC(=O)CCCCCC[C@H]1C(=O)C[C@@H](O)[C@@H]1/C=C/[C@@H](O)CCCCC. The lowest BCUT2D eigenvalue weighted by molar-refractivity contribution is -0.161. The van der Waals surface area contributed by atoms with Crippen LogP contribution in [0.2, 0.25) is 0 Å². The van der Waals surface area contributed by atoms with Crippen LogP contribution >= 0.6 is 7.82 Å². The maximum Gasteiger partial charge on any atom is 0.472 e. The van der Waals surface area contributed by atoms with E-state index in [0.717, 1.165) is 51.4 Å². The highest BCUT2D eigenvalue weighted by Gasteiger charge is 2.39. The number of phosphoric acid groups is 1. The van der Waals surface area contributed by atoms with Gasteiger partial charge in [-0.05, 0) is 25.7 Å². The second-order valence-corrected chi connectivity index (χ2v) is 15.7. The summed E-state index contributed by atoms with van der Waals surface area (Å²) >= 11 is 0. The van der Waals surface area contributed by atoms with Crippen molar-refractivity contribution in [1.82, 2.24) is 0 Å². The number of unbranched alkanes of at least 4 members (excludes halogenated alkanes) is 15. The Balaban J connectivity index is 2.43. The highest BCUT2D eigenvalue weighted by Crippen LogP contribution is 2.43. The number of aliphatic hydroxyl groups is 2. The second-order valence-electron chi connectivity index (χ2n) is 14.3. The minimum atomic E-state index is -4.43. The van der Waals surface area contributed by atoms with E-state index in [1.54, 1.807) is 6.08 Å². The van der Waals surface area contributed by atoms with Crippen molar-refractivity contribution < 1.29 is 52.6 Å². The number of hydrogen-bond acceptors (Lipinski definition) is 11. The Bertz CT molecular complexity index is 1030. The molecule has 1 fully saturated rings. The van der Waals surface area contributed by atoms with Crippen molar-refractivity contribution in [3.05, 3.63) is 12.2 Å². The molecule has 1 aliphatic rings. The Morgan fingerprint density at radius 1 is 0.827 bits per heavy atom. The number of ether oxygens (including phenoxy) is 2. The first kappa shape index (κ1) is 48.4. The summed E-state index contributed by atoms with van der Waals surface area (Å²) in [6.07, 6.45) is 21.5. The highest BCUT2D eigenvalue weighted by atomic mass is 31.2. The Morgan fingerprint density at radius 3 is 2.00 bits per heavy atom. The maximum atomic E-state index is 12.7. The molecule has 0 heterocycles. The number of Topliss-reactive ketones (excluding diaryl/α,β-unsaturated/α-hetero) is 1. The number of nitrogens with two attached hydrogens (primary N) is 1. The van der Waals surface area contributed by atoms with Crippen LogP contribution in [-0.2, 0) is 37.5 Å². The molecule has 304 valence electrons. The number of carbonyl (C=O) groups excluding carboxylic acids is 3. The Hall–Kier alpha value is -1.66. The van der Waals surface area contributed by atoms with Crippen LogP contribution in [0.15, 0.2) is 12.2 Å². The van der Waals surface area contributed by atoms with Crippen molar-refractivity contribution in [1.29, 1.82) is 0 Å². The minimum absolute atomic E-state index is 0.0167. The van der Waals surface area contributed by atoms with E-state index in [2.05, 4.69) is 13.8 Å². The van der Waals surface area contributed by atoms with Gasteiger partial charge in [-0.2, -0.15) is 0 Å². The summed E-state index contributed by atoms with van der Waals surface area (Å²) in [5.74, 6) is -1.53. The molecular weight excluding hydrogens is 689 g/mol. The smallest absolute Gasteiger partial charge is 0.462 e. The molecule has 1 rings (SSSR count). The number of rotatable bonds is 34. The van der Waals surface area contributed by atoms with E-state index >= 15 is 0 Å². The van der Waals surface area contributed by atoms with Gasteiger partial charge < -0.3 is 30.3 Å². The summed E-state index contributed by atoms with van der Waals surface area (Å²) in [7, 11) is -4.43. The fourth-order valence-electron chi connectivity index (χ4n) is 6.47. The van der Waals surface area contributed by atoms with Crippen LogP contribution in [0.5, 0.6) is 0 Å². The molecule has 5 N–H and O–H groups in total. The van der Waals surface area contributed by atoms with Gasteiger partial charge in [0.05, 0.1) is 25.4 Å². The van der Waals surface area contributed by atoms with Crippen molar-refractivity contribution in [2.75, 3.05) is 26.4 Å². The van der Waals surface area contributed by atoms with Crippen molar-refractivity contribution in [3.63, 3.8) is 0 Å². The quantitative estimate of drug-likeness (QED) is 0.0217. The third kappa shape index (κ3) is 24.6. The van der Waals surface area contributed by atoms with Gasteiger partial charge in [0.15, 0.2) is 6.10 Å². The number of aliphatic hydroxyl groups excluding tert-OH is 2. The molecule has 1 aliphatic carbocycles. The number of hydrogen-bond donors (Lipinski definition) is 4. The molecule has 6 atom stereocenters. The van der Waals surface area contributed by atoms with Gasteiger partial charge in [-0.1, -0.05) is 129 Å². The fourth-order valence-corrected chi connectivity index (χ4v) is 7.24. The molecule has 0 spiro atoms. The molecule has 0 aromatic heterocycles. The predicted octanol–water partition coefficient (Wildman–Crippen LogP) is 7.64. The lowest BCUT2D eigenvalue weighted by Crippen LogP contribution is -2.29. The van der Waals surface area contributed by atoms with Crippen LogP contribution in [0.4, 0.5) is 0 Å². The molecule has 0 aromatic carbocycles. The molecule has 0 radical (unpaired) electrons. The number of esters is 2. The molecule has 0 saturated heterocycles. The van der Waals surface area contributed by atoms with Crippen LogP contribution in [0.1, 0.15) is 162 Å². The minimum Gasteiger partial charge on any atom is -0.462 e. The predicted molar refractivity (Wildman–Crippen MR) is 202 cm³/mol. The molecule has 0 bridgehead atoms. The molecular formula is C39H72NO11P. The fraction of sp³-hybridized carbons (Fsp3) is 0.872. The Kier molecular flexibility index (Phi) is 28.5. The van der Waals surface area contributed by atoms with Crippen molar-refractivity contribution >= 4 is 25.5 Å². The van der Waals surface area contributed by atoms with Gasteiger partial charge in [0, 0.05) is 37.6 Å². The Morgan fingerprint density at radius 2 is 1.38 bits per heavy atom. The average Bonchev–Trinajstić information content (AvgIpc) is 3.38. The first-order valence-corrected chi connectivity index (χ1v) is 21.8. The normalized spacial score (nSPS) is 19.9. The van der Waals surface area contributed by atoms with E-state index in [0.29, 0.717) is 32.1 Å². The molecule has 1 saturated carbocycles. The molecule has 0 aliphatic heterocycles. The molecule has 13 heteroatoms. The van der Waals surface area contributed by atoms with Crippen LogP contribution in [-0.4, -0.2) is 77.5 Å². The number of phosphoric ester groups is 1. The lowest BCUT2D eigenvalue weighted by Gasteiger charge is -2.20. The van der Waals surface area contributed by atoms with Gasteiger partial charge in [0.1, 0.15) is 12.4 Å². The lowest BCUT2D eigenvalue weighted by atomic mass is 9.88. The second kappa shape index (κ2) is 30.6. The van der Waals surface area contributed by atoms with Crippen molar-refractivity contribution in [2.45, 2.75) is 180 Å². The maximum absolute atomic E-state index is 12.7. The van der Waals surface area contributed by atoms with E-state index in [4.69, 9.17) is 24.3 Å². The first-order chi connectivity index (χ1) is 25.0. The van der Waals surface area contributed by atoms with Gasteiger partial charge in [-0.15, -0.1) is 0 Å². The van der Waals surface area contributed by atoms with Crippen molar-refractivity contribution in [2.24, 2.45) is 17.6 Å². The van der Waals surface area contributed by atoms with Crippen LogP contribution < -0.4 is 5.73 Å². The summed E-state index contributed by atoms with van der Waals surface area (Å²) in [4.78, 5) is 47.5. The van der Waals surface area contributed by atoms with Gasteiger partial charge in [0.25, 0.3) is 0 Å². The summed E-state index contributed by atoms with van der Waals surface area (Å²) in [6.45, 7) is 3.34. The van der Waals surface area contributed by atoms with Gasteiger partial charge in [0.2, 0.25) is 0 Å². The first-order valence-electron chi connectivity index (χ1n) is 20.3. The van der Waals surface area contributed by atoms with E-state index in [1.165, 1.54) is 44.9 Å². The largest absolute Gasteiger partial charge is 0.472 e. The average molecular weight is 762 g/mol. The van der Waals surface area contributed by atoms with Crippen LogP contribution in [0.3, 0.4) is 0 Å². The summed E-state index contributed by atoms with van der Waals surface area (Å²) < 4.78 is 32.7. The van der Waals surface area contributed by atoms with E-state index in [9.17, 15) is 34.1 Å². The van der Waals surface area contributed by atoms with E-state index < -0.39 is 44.7 Å². The molecule has 52 heavy (non-hydrogen) atoms. The zero-order valence-corrected chi connectivity index (χ0v) is 33.2. The zero-order valence-electron chi connectivity index (χ0n) is 32.3. The van der Waals surface area contributed by atoms with Gasteiger partial charge in [-0.25, -0.2) is 4.57 Å². The molecule has 1 unspecified atom stereocenters. The third-order valence-corrected chi connectivity index (χ3v) is 10.5. The highest BCUT2D eigenvalue weighted by molar-refractivity contribution is 7.47. The van der Waals surface area contributed by atoms with Crippen molar-refractivity contribution in [3.8, 4) is 0 Å². The monoisotopic (exact) mass is 761 g/mol. The number of carbonyl (C=O) groups is 3. The molecule has 0 amide bonds. The van der Waals surface area contributed by atoms with Gasteiger partial charge >= 0.3 is 19.8 Å². The zero-order chi connectivity index (χ0) is 38.5. The van der Waals surface area contributed by atoms with Crippen LogP contribution in [0, 0.1) is 11.8 Å². The van der Waals surface area contributed by atoms with Gasteiger partial charge in [-0.3, -0.25) is 23.4 Å². The third-order valence-electron chi connectivity index (χ3n) is 9.55. The van der Waals surface area contributed by atoms with E-state index in [-0.39, 0.29) is 56.6 Å². The molecule has 0 aromatic rings. The summed E-state index contributed by atoms with van der Waals surface area (Å²) in [5.41, 5.74) is 5.33. The number of ketones is 1. The summed E-state index contributed by atoms with van der Waals surface area (Å²) in [6, 6.07) is 0. The standard InChI is InChI=1S/C39H72NO11P/c1-3-5-7-8-9-10-11-12-13-14-19-23-38(44)48-30-33(31-50-52(46,47)49-28-27-40)51-39(45)24-20-16-15-18-22-34-35(37(43)29-36(34)42)26-25-32(41)21-17-6-4-2/h25-26,32-35,37,41,43H,3-24,27-31,40H2,1-2H3,(H,46,47)/b26-25+/t32-,33+,34+,35+,37+/m0/s1. The van der Waals surface area contributed by atoms with E-state index in [1.807, 2.05) is 6.08 Å². The summed E-state index contributed by atoms with van der Waals surface area (Å²) in [5, 5.41) is 20.7. The van der Waals surface area contributed by atoms with Crippen LogP contribution in [0.25, 0.3) is 0 Å². The molecule has 12 nitrogen and oxygen atoms in total.